The van der Waals surface area contributed by atoms with Crippen LogP contribution in [0.15, 0.2) is 60.7 Å². The number of alkyl halides is 2. The molecular weight excluding hydrogens is 362 g/mol. The highest BCUT2D eigenvalue weighted by atomic mass is 19.3. The molecule has 3 aromatic rings. The van der Waals surface area contributed by atoms with Gasteiger partial charge in [-0.15, -0.1) is 0 Å². The van der Waals surface area contributed by atoms with E-state index in [4.69, 9.17) is 10.5 Å². The van der Waals surface area contributed by atoms with Crippen molar-refractivity contribution in [3.05, 3.63) is 71.8 Å². The zero-order valence-electron chi connectivity index (χ0n) is 15.4. The number of rotatable bonds is 4. The fourth-order valence-corrected chi connectivity index (χ4v) is 3.28. The molecule has 1 aliphatic heterocycles. The second kappa shape index (κ2) is 6.87. The van der Waals surface area contributed by atoms with Gasteiger partial charge >= 0.3 is 0 Å². The summed E-state index contributed by atoms with van der Waals surface area (Å²) in [6, 6.07) is 16.8. The molecule has 0 bridgehead atoms. The Morgan fingerprint density at radius 2 is 1.82 bits per heavy atom. The van der Waals surface area contributed by atoms with E-state index in [1.165, 1.54) is 24.3 Å². The summed E-state index contributed by atoms with van der Waals surface area (Å²) in [5, 5.41) is 1.70. The van der Waals surface area contributed by atoms with Gasteiger partial charge in [0.25, 0.3) is 11.8 Å². The third-order valence-electron chi connectivity index (χ3n) is 4.87. The van der Waals surface area contributed by atoms with Crippen molar-refractivity contribution in [1.82, 2.24) is 4.90 Å². The van der Waals surface area contributed by atoms with Crippen LogP contribution in [0.4, 0.5) is 8.78 Å². The average Bonchev–Trinajstić information content (AvgIpc) is 2.64. The van der Waals surface area contributed by atoms with E-state index in [1.807, 2.05) is 24.3 Å². The van der Waals surface area contributed by atoms with Crippen molar-refractivity contribution in [1.29, 1.82) is 0 Å². The first-order valence-electron chi connectivity index (χ1n) is 9.05. The minimum Gasteiger partial charge on any atom is -0.457 e. The lowest BCUT2D eigenvalue weighted by molar-refractivity contribution is 0.0174. The van der Waals surface area contributed by atoms with Gasteiger partial charge in [-0.2, -0.15) is 0 Å². The van der Waals surface area contributed by atoms with E-state index in [1.54, 1.807) is 17.0 Å². The minimum absolute atomic E-state index is 0.0361. The molecule has 1 aliphatic rings. The standard InChI is InChI=1S/C22H20F2N2O2/c1-22(23,24)16-6-8-18(9-7-16)28-20-4-2-3-14-11-15(5-10-19(14)20)21(27)26-12-17(25)13-26/h2-11,17H,12-13,25H2,1H3. The van der Waals surface area contributed by atoms with Crippen molar-refractivity contribution in [2.75, 3.05) is 13.1 Å². The molecular formula is C22H20F2N2O2. The van der Waals surface area contributed by atoms with Crippen molar-refractivity contribution in [2.45, 2.75) is 18.9 Å². The summed E-state index contributed by atoms with van der Waals surface area (Å²) >= 11 is 0. The number of nitrogens with zero attached hydrogens (tertiary/aromatic N) is 1. The molecule has 3 aromatic carbocycles. The molecule has 4 nitrogen and oxygen atoms in total. The number of hydrogen-bond acceptors (Lipinski definition) is 3. The number of hydrogen-bond donors (Lipinski definition) is 1. The Morgan fingerprint density at radius 3 is 2.46 bits per heavy atom. The van der Waals surface area contributed by atoms with Gasteiger partial charge in [-0.3, -0.25) is 4.79 Å². The quantitative estimate of drug-likeness (QED) is 0.721. The van der Waals surface area contributed by atoms with Crippen LogP contribution in [-0.2, 0) is 5.92 Å². The van der Waals surface area contributed by atoms with E-state index >= 15 is 0 Å². The summed E-state index contributed by atoms with van der Waals surface area (Å²) < 4.78 is 32.6. The van der Waals surface area contributed by atoms with Crippen molar-refractivity contribution in [3.8, 4) is 11.5 Å². The van der Waals surface area contributed by atoms with Crippen LogP contribution in [0.2, 0.25) is 0 Å². The van der Waals surface area contributed by atoms with Crippen LogP contribution in [-0.4, -0.2) is 29.9 Å². The normalized spacial score (nSPS) is 14.8. The average molecular weight is 382 g/mol. The van der Waals surface area contributed by atoms with Crippen LogP contribution in [0.5, 0.6) is 11.5 Å². The van der Waals surface area contributed by atoms with E-state index < -0.39 is 5.92 Å². The van der Waals surface area contributed by atoms with Crippen molar-refractivity contribution in [2.24, 2.45) is 5.73 Å². The van der Waals surface area contributed by atoms with Crippen LogP contribution < -0.4 is 10.5 Å². The van der Waals surface area contributed by atoms with Gasteiger partial charge in [-0.05, 0) is 53.9 Å². The number of benzene rings is 3. The van der Waals surface area contributed by atoms with Crippen LogP contribution in [0, 0.1) is 0 Å². The highest BCUT2D eigenvalue weighted by Crippen LogP contribution is 2.33. The van der Waals surface area contributed by atoms with Crippen molar-refractivity contribution in [3.63, 3.8) is 0 Å². The second-order valence-electron chi connectivity index (χ2n) is 7.18. The molecule has 144 valence electrons. The lowest BCUT2D eigenvalue weighted by Crippen LogP contribution is -2.57. The smallest absolute Gasteiger partial charge is 0.270 e. The predicted molar refractivity (Wildman–Crippen MR) is 104 cm³/mol. The van der Waals surface area contributed by atoms with Crippen LogP contribution in [0.1, 0.15) is 22.8 Å². The first-order valence-corrected chi connectivity index (χ1v) is 9.05. The molecule has 6 heteroatoms. The van der Waals surface area contributed by atoms with Gasteiger partial charge in [0.05, 0.1) is 0 Å². The highest BCUT2D eigenvalue weighted by molar-refractivity contribution is 6.00. The molecule has 1 heterocycles. The van der Waals surface area contributed by atoms with Crippen molar-refractivity contribution < 1.29 is 18.3 Å². The maximum atomic E-state index is 13.4. The zero-order chi connectivity index (χ0) is 19.9. The lowest BCUT2D eigenvalue weighted by Gasteiger charge is -2.36. The summed E-state index contributed by atoms with van der Waals surface area (Å²) in [7, 11) is 0. The molecule has 0 aromatic heterocycles. The summed E-state index contributed by atoms with van der Waals surface area (Å²) in [5.74, 6) is -1.86. The molecule has 0 spiro atoms. The Hall–Kier alpha value is -2.99. The molecule has 0 saturated carbocycles. The van der Waals surface area contributed by atoms with Crippen LogP contribution in [0.25, 0.3) is 10.8 Å². The van der Waals surface area contributed by atoms with Gasteiger partial charge in [0.2, 0.25) is 0 Å². The lowest BCUT2D eigenvalue weighted by atomic mass is 10.0. The number of nitrogens with two attached hydrogens (primary N) is 1. The summed E-state index contributed by atoms with van der Waals surface area (Å²) in [5.41, 5.74) is 6.29. The van der Waals surface area contributed by atoms with E-state index in [0.717, 1.165) is 17.7 Å². The molecule has 0 aliphatic carbocycles. The Balaban J connectivity index is 1.59. The third-order valence-corrected chi connectivity index (χ3v) is 4.87. The maximum Gasteiger partial charge on any atom is 0.270 e. The van der Waals surface area contributed by atoms with E-state index in [2.05, 4.69) is 0 Å². The Bertz CT molecular complexity index is 1020. The molecule has 2 N–H and O–H groups in total. The molecule has 0 radical (unpaired) electrons. The first kappa shape index (κ1) is 18.4. The highest BCUT2D eigenvalue weighted by Gasteiger charge is 2.28. The van der Waals surface area contributed by atoms with E-state index in [-0.39, 0.29) is 17.5 Å². The number of likely N-dealkylation sites (tertiary alicyclic amines) is 1. The predicted octanol–water partition coefficient (Wildman–Crippen LogP) is 4.53. The third kappa shape index (κ3) is 3.55. The monoisotopic (exact) mass is 382 g/mol. The molecule has 0 atom stereocenters. The van der Waals surface area contributed by atoms with Gasteiger partial charge in [-0.1, -0.05) is 12.1 Å². The van der Waals surface area contributed by atoms with Gasteiger partial charge in [0.15, 0.2) is 0 Å². The first-order chi connectivity index (χ1) is 13.3. The van der Waals surface area contributed by atoms with E-state index in [0.29, 0.717) is 30.2 Å². The van der Waals surface area contributed by atoms with Gasteiger partial charge in [-0.25, -0.2) is 8.78 Å². The number of amides is 1. The summed E-state index contributed by atoms with van der Waals surface area (Å²) in [6.07, 6.45) is 0. The maximum absolute atomic E-state index is 13.4. The fraction of sp³-hybridized carbons (Fsp3) is 0.227. The SMILES string of the molecule is CC(F)(F)c1ccc(Oc2cccc3cc(C(=O)N4CC(N)C4)ccc23)cc1. The Morgan fingerprint density at radius 1 is 1.11 bits per heavy atom. The minimum atomic E-state index is -2.89. The number of carbonyl (C=O) groups excluding carboxylic acids is 1. The fourth-order valence-electron chi connectivity index (χ4n) is 3.28. The molecule has 28 heavy (non-hydrogen) atoms. The van der Waals surface area contributed by atoms with Gasteiger partial charge in [0, 0.05) is 42.6 Å². The Labute approximate surface area is 161 Å². The zero-order valence-corrected chi connectivity index (χ0v) is 15.4. The van der Waals surface area contributed by atoms with Crippen LogP contribution in [0.3, 0.4) is 0 Å². The summed E-state index contributed by atoms with van der Waals surface area (Å²) in [6.45, 7) is 2.01. The van der Waals surface area contributed by atoms with E-state index in [9.17, 15) is 13.6 Å². The van der Waals surface area contributed by atoms with Gasteiger partial charge < -0.3 is 15.4 Å². The number of carbonyl (C=O) groups is 1. The molecule has 1 saturated heterocycles. The van der Waals surface area contributed by atoms with Crippen LogP contribution >= 0.6 is 0 Å². The molecule has 1 amide bonds. The summed E-state index contributed by atoms with van der Waals surface area (Å²) in [4.78, 5) is 14.2. The number of ether oxygens (including phenoxy) is 1. The van der Waals surface area contributed by atoms with Crippen molar-refractivity contribution >= 4 is 16.7 Å². The molecule has 0 unspecified atom stereocenters. The topological polar surface area (TPSA) is 55.6 Å². The second-order valence-corrected chi connectivity index (χ2v) is 7.18. The Kier molecular flexibility index (Phi) is 4.51. The largest absolute Gasteiger partial charge is 0.457 e. The number of fused-ring (bicyclic) bond motifs is 1. The molecule has 1 fully saturated rings. The number of halogens is 2. The van der Waals surface area contributed by atoms with Gasteiger partial charge in [0.1, 0.15) is 11.5 Å². The molecule has 4 rings (SSSR count).